The van der Waals surface area contributed by atoms with E-state index < -0.39 is 0 Å². The summed E-state index contributed by atoms with van der Waals surface area (Å²) in [6.07, 6.45) is 0.848. The Balaban J connectivity index is 2.01. The summed E-state index contributed by atoms with van der Waals surface area (Å²) < 4.78 is 5.22. The minimum atomic E-state index is 0.122. The van der Waals surface area contributed by atoms with Gasteiger partial charge in [0.15, 0.2) is 0 Å². The molecule has 0 atom stereocenters. The third-order valence-electron chi connectivity index (χ3n) is 2.56. The molecule has 1 aromatic rings. The lowest BCUT2D eigenvalue weighted by Gasteiger charge is -2.26. The van der Waals surface area contributed by atoms with Crippen LogP contribution in [0.2, 0.25) is 0 Å². The van der Waals surface area contributed by atoms with Gasteiger partial charge in [-0.25, -0.2) is 0 Å². The van der Waals surface area contributed by atoms with Crippen molar-refractivity contribution in [3.8, 4) is 0 Å². The van der Waals surface area contributed by atoms with E-state index >= 15 is 0 Å². The number of ether oxygens (including phenoxy) is 1. The molecule has 1 fully saturated rings. The number of carbonyl (C=O) groups excluding carboxylic acids is 1. The average molecular weight is 240 g/mol. The second-order valence-corrected chi connectivity index (χ2v) is 4.88. The number of hydrogen-bond donors (Lipinski definition) is 1. The Hall–Kier alpha value is -0.910. The van der Waals surface area contributed by atoms with E-state index in [4.69, 9.17) is 10.5 Å². The van der Waals surface area contributed by atoms with Crippen LogP contribution in [0.25, 0.3) is 0 Å². The highest BCUT2D eigenvalue weighted by molar-refractivity contribution is 7.14. The summed E-state index contributed by atoms with van der Waals surface area (Å²) in [5.74, 6) is 0.122. The zero-order valence-corrected chi connectivity index (χ0v) is 9.96. The quantitative estimate of drug-likeness (QED) is 0.847. The minimum absolute atomic E-state index is 0.122. The van der Waals surface area contributed by atoms with Gasteiger partial charge in [-0.1, -0.05) is 0 Å². The van der Waals surface area contributed by atoms with Gasteiger partial charge in [0.2, 0.25) is 0 Å². The van der Waals surface area contributed by atoms with E-state index in [-0.39, 0.29) is 5.91 Å². The first-order valence-corrected chi connectivity index (χ1v) is 6.28. The standard InChI is InChI=1S/C11H16N2O2S/c12-4-3-9-1-2-10(16-9)11(14)13-5-7-15-8-6-13/h1-2H,3-8,12H2. The topological polar surface area (TPSA) is 55.6 Å². The predicted octanol–water partition coefficient (Wildman–Crippen LogP) is 0.722. The van der Waals surface area contributed by atoms with Gasteiger partial charge in [-0.3, -0.25) is 4.79 Å². The van der Waals surface area contributed by atoms with Gasteiger partial charge in [-0.05, 0) is 25.1 Å². The zero-order chi connectivity index (χ0) is 11.4. The van der Waals surface area contributed by atoms with Gasteiger partial charge < -0.3 is 15.4 Å². The van der Waals surface area contributed by atoms with Crippen LogP contribution in [0.4, 0.5) is 0 Å². The normalized spacial score (nSPS) is 16.4. The molecule has 2 rings (SSSR count). The molecule has 88 valence electrons. The number of nitrogens with two attached hydrogens (primary N) is 1. The average Bonchev–Trinajstić information content (AvgIpc) is 2.78. The lowest BCUT2D eigenvalue weighted by Crippen LogP contribution is -2.40. The number of amides is 1. The van der Waals surface area contributed by atoms with Gasteiger partial charge >= 0.3 is 0 Å². The van der Waals surface area contributed by atoms with E-state index in [1.807, 2.05) is 17.0 Å². The van der Waals surface area contributed by atoms with E-state index in [9.17, 15) is 4.79 Å². The van der Waals surface area contributed by atoms with Crippen LogP contribution in [-0.4, -0.2) is 43.7 Å². The molecular weight excluding hydrogens is 224 g/mol. The van der Waals surface area contributed by atoms with Crippen molar-refractivity contribution in [1.82, 2.24) is 4.90 Å². The summed E-state index contributed by atoms with van der Waals surface area (Å²) >= 11 is 1.55. The zero-order valence-electron chi connectivity index (χ0n) is 9.15. The summed E-state index contributed by atoms with van der Waals surface area (Å²) in [5.41, 5.74) is 5.48. The van der Waals surface area contributed by atoms with Crippen molar-refractivity contribution in [2.45, 2.75) is 6.42 Å². The Morgan fingerprint density at radius 2 is 2.19 bits per heavy atom. The third kappa shape index (κ3) is 2.61. The van der Waals surface area contributed by atoms with E-state index in [0.29, 0.717) is 32.8 Å². The molecule has 0 aliphatic carbocycles. The minimum Gasteiger partial charge on any atom is -0.378 e. The lowest BCUT2D eigenvalue weighted by atomic mass is 10.3. The monoisotopic (exact) mass is 240 g/mol. The largest absolute Gasteiger partial charge is 0.378 e. The first-order valence-electron chi connectivity index (χ1n) is 5.47. The molecule has 0 saturated carbocycles. The molecule has 5 heteroatoms. The molecule has 1 saturated heterocycles. The number of carbonyl (C=O) groups is 1. The highest BCUT2D eigenvalue weighted by Crippen LogP contribution is 2.19. The lowest BCUT2D eigenvalue weighted by molar-refractivity contribution is 0.0306. The maximum atomic E-state index is 12.1. The van der Waals surface area contributed by atoms with Crippen LogP contribution >= 0.6 is 11.3 Å². The molecule has 2 heterocycles. The fourth-order valence-corrected chi connectivity index (χ4v) is 2.68. The summed E-state index contributed by atoms with van der Waals surface area (Å²) in [4.78, 5) is 15.9. The van der Waals surface area contributed by atoms with E-state index in [2.05, 4.69) is 0 Å². The van der Waals surface area contributed by atoms with Crippen LogP contribution in [0, 0.1) is 0 Å². The van der Waals surface area contributed by atoms with Crippen molar-refractivity contribution in [3.63, 3.8) is 0 Å². The molecule has 1 amide bonds. The second-order valence-electron chi connectivity index (χ2n) is 3.71. The Bertz CT molecular complexity index is 359. The summed E-state index contributed by atoms with van der Waals surface area (Å²) in [6.45, 7) is 3.32. The van der Waals surface area contributed by atoms with Gasteiger partial charge in [0.25, 0.3) is 5.91 Å². The Morgan fingerprint density at radius 3 is 2.88 bits per heavy atom. The smallest absolute Gasteiger partial charge is 0.264 e. The number of nitrogens with zero attached hydrogens (tertiary/aromatic N) is 1. The molecule has 0 aromatic carbocycles. The fraction of sp³-hybridized carbons (Fsp3) is 0.545. The molecule has 4 nitrogen and oxygen atoms in total. The fourth-order valence-electron chi connectivity index (χ4n) is 1.69. The SMILES string of the molecule is NCCc1ccc(C(=O)N2CCOCC2)s1. The van der Waals surface area contributed by atoms with Gasteiger partial charge in [0.05, 0.1) is 18.1 Å². The molecule has 0 bridgehead atoms. The van der Waals surface area contributed by atoms with Crippen LogP contribution in [0.5, 0.6) is 0 Å². The van der Waals surface area contributed by atoms with Crippen LogP contribution in [0.15, 0.2) is 12.1 Å². The maximum absolute atomic E-state index is 12.1. The molecule has 0 unspecified atom stereocenters. The van der Waals surface area contributed by atoms with Crippen molar-refractivity contribution in [1.29, 1.82) is 0 Å². The second kappa shape index (κ2) is 5.43. The summed E-state index contributed by atoms with van der Waals surface area (Å²) in [7, 11) is 0. The van der Waals surface area contributed by atoms with Crippen molar-refractivity contribution in [2.24, 2.45) is 5.73 Å². The molecule has 0 spiro atoms. The molecule has 1 aliphatic rings. The highest BCUT2D eigenvalue weighted by Gasteiger charge is 2.19. The van der Waals surface area contributed by atoms with Crippen molar-refractivity contribution < 1.29 is 9.53 Å². The Labute approximate surface area is 99.0 Å². The van der Waals surface area contributed by atoms with Crippen LogP contribution < -0.4 is 5.73 Å². The van der Waals surface area contributed by atoms with E-state index in [0.717, 1.165) is 11.3 Å². The molecule has 16 heavy (non-hydrogen) atoms. The first-order chi connectivity index (χ1) is 7.81. The summed E-state index contributed by atoms with van der Waals surface area (Å²) in [5, 5.41) is 0. The van der Waals surface area contributed by atoms with Crippen LogP contribution in [0.3, 0.4) is 0 Å². The number of morpholine rings is 1. The summed E-state index contributed by atoms with van der Waals surface area (Å²) in [6, 6.07) is 3.89. The number of thiophene rings is 1. The maximum Gasteiger partial charge on any atom is 0.264 e. The van der Waals surface area contributed by atoms with E-state index in [1.165, 1.54) is 4.88 Å². The van der Waals surface area contributed by atoms with Crippen molar-refractivity contribution in [3.05, 3.63) is 21.9 Å². The van der Waals surface area contributed by atoms with Crippen LogP contribution in [-0.2, 0) is 11.2 Å². The van der Waals surface area contributed by atoms with Gasteiger partial charge in [0, 0.05) is 18.0 Å². The van der Waals surface area contributed by atoms with Crippen molar-refractivity contribution >= 4 is 17.2 Å². The molecule has 2 N–H and O–H groups in total. The molecule has 1 aromatic heterocycles. The molecular formula is C11H16N2O2S. The highest BCUT2D eigenvalue weighted by atomic mass is 32.1. The van der Waals surface area contributed by atoms with Crippen LogP contribution in [0.1, 0.15) is 14.5 Å². The van der Waals surface area contributed by atoms with Crippen molar-refractivity contribution in [2.75, 3.05) is 32.8 Å². The first kappa shape index (κ1) is 11.6. The molecule has 1 aliphatic heterocycles. The third-order valence-corrected chi connectivity index (χ3v) is 3.69. The number of rotatable bonds is 3. The van der Waals surface area contributed by atoms with Gasteiger partial charge in [-0.15, -0.1) is 11.3 Å². The molecule has 0 radical (unpaired) electrons. The van der Waals surface area contributed by atoms with Gasteiger partial charge in [-0.2, -0.15) is 0 Å². The Morgan fingerprint density at radius 1 is 1.44 bits per heavy atom. The van der Waals surface area contributed by atoms with Gasteiger partial charge in [0.1, 0.15) is 0 Å². The van der Waals surface area contributed by atoms with E-state index in [1.54, 1.807) is 11.3 Å². The number of hydrogen-bond acceptors (Lipinski definition) is 4. The predicted molar refractivity (Wildman–Crippen MR) is 63.8 cm³/mol. The Kier molecular flexibility index (Phi) is 3.93.